The van der Waals surface area contributed by atoms with Gasteiger partial charge in [0.1, 0.15) is 5.82 Å². The molecule has 88 valence electrons. The van der Waals surface area contributed by atoms with Crippen LogP contribution in [0.15, 0.2) is 18.9 Å². The monoisotopic (exact) mass is 221 g/mol. The molecule has 0 amide bonds. The number of hydrogen-bond acceptors (Lipinski definition) is 5. The Kier molecular flexibility index (Phi) is 5.91. The van der Waals surface area contributed by atoms with E-state index in [1.807, 2.05) is 0 Å². The molecule has 1 aromatic heterocycles. The number of unbranched alkanes of at least 4 members (excludes halogenated alkanes) is 2. The summed E-state index contributed by atoms with van der Waals surface area (Å²) >= 11 is 0. The highest BCUT2D eigenvalue weighted by Gasteiger charge is 1.98. The zero-order valence-electron chi connectivity index (χ0n) is 9.74. The topological polar surface area (TPSA) is 62.7 Å². The maximum absolute atomic E-state index is 4.26. The third-order valence-corrected chi connectivity index (χ3v) is 2.05. The van der Waals surface area contributed by atoms with Gasteiger partial charge in [-0.1, -0.05) is 25.8 Å². The Morgan fingerprint density at radius 3 is 3.00 bits per heavy atom. The predicted molar refractivity (Wildman–Crippen MR) is 66.5 cm³/mol. The fourth-order valence-electron chi connectivity index (χ4n) is 1.22. The van der Waals surface area contributed by atoms with Crippen LogP contribution in [0, 0.1) is 0 Å². The third-order valence-electron chi connectivity index (χ3n) is 2.05. The van der Waals surface area contributed by atoms with E-state index < -0.39 is 0 Å². The quantitative estimate of drug-likeness (QED) is 0.520. The molecule has 0 saturated heterocycles. The first kappa shape index (κ1) is 12.4. The largest absolute Gasteiger partial charge is 0.369 e. The van der Waals surface area contributed by atoms with Crippen LogP contribution in [0.25, 0.3) is 0 Å². The van der Waals surface area contributed by atoms with Crippen molar-refractivity contribution in [3.8, 4) is 0 Å². The van der Waals surface area contributed by atoms with Crippen LogP contribution in [0.2, 0.25) is 0 Å². The second-order valence-corrected chi connectivity index (χ2v) is 3.47. The Labute approximate surface area is 96.4 Å². The molecule has 0 aliphatic carbocycles. The van der Waals surface area contributed by atoms with Crippen molar-refractivity contribution in [3.63, 3.8) is 0 Å². The van der Waals surface area contributed by atoms with Gasteiger partial charge in [-0.25, -0.2) is 0 Å². The van der Waals surface area contributed by atoms with Crippen LogP contribution in [0.1, 0.15) is 26.2 Å². The molecule has 2 N–H and O–H groups in total. The number of nitrogens with zero attached hydrogens (tertiary/aromatic N) is 3. The van der Waals surface area contributed by atoms with Gasteiger partial charge in [-0.2, -0.15) is 10.1 Å². The molecule has 0 saturated carbocycles. The predicted octanol–water partition coefficient (Wildman–Crippen LogP) is 2.07. The van der Waals surface area contributed by atoms with Gasteiger partial charge in [0.25, 0.3) is 0 Å². The molecule has 0 aromatic carbocycles. The van der Waals surface area contributed by atoms with Crippen LogP contribution in [0.4, 0.5) is 11.8 Å². The van der Waals surface area contributed by atoms with Gasteiger partial charge in [-0.05, 0) is 6.42 Å². The standard InChI is InChI=1S/C11H19N5/c1-3-5-6-8-12-10-9-14-16-11(15-10)13-7-4-2/h4,9H,2-3,5-8H2,1H3,(H2,12,13,15,16). The van der Waals surface area contributed by atoms with Gasteiger partial charge in [-0.3, -0.25) is 0 Å². The number of aromatic nitrogens is 3. The van der Waals surface area contributed by atoms with Crippen molar-refractivity contribution in [1.29, 1.82) is 0 Å². The molecule has 0 aliphatic heterocycles. The van der Waals surface area contributed by atoms with E-state index in [4.69, 9.17) is 0 Å². The Balaban J connectivity index is 2.37. The van der Waals surface area contributed by atoms with E-state index in [1.54, 1.807) is 12.3 Å². The van der Waals surface area contributed by atoms with Crippen molar-refractivity contribution in [2.75, 3.05) is 23.7 Å². The van der Waals surface area contributed by atoms with Crippen molar-refractivity contribution in [2.24, 2.45) is 0 Å². The van der Waals surface area contributed by atoms with Gasteiger partial charge in [0.2, 0.25) is 5.95 Å². The van der Waals surface area contributed by atoms with Crippen molar-refractivity contribution in [3.05, 3.63) is 18.9 Å². The molecule has 0 radical (unpaired) electrons. The van der Waals surface area contributed by atoms with E-state index in [0.29, 0.717) is 12.5 Å². The Hall–Kier alpha value is -1.65. The molecule has 5 heteroatoms. The summed E-state index contributed by atoms with van der Waals surface area (Å²) in [5.74, 6) is 1.29. The molecule has 1 rings (SSSR count). The summed E-state index contributed by atoms with van der Waals surface area (Å²) in [6, 6.07) is 0. The van der Waals surface area contributed by atoms with Crippen molar-refractivity contribution in [2.45, 2.75) is 26.2 Å². The van der Waals surface area contributed by atoms with Gasteiger partial charge in [-0.15, -0.1) is 11.7 Å². The molecule has 1 heterocycles. The maximum atomic E-state index is 4.26. The number of anilines is 2. The highest BCUT2D eigenvalue weighted by molar-refractivity contribution is 5.36. The summed E-state index contributed by atoms with van der Waals surface area (Å²) in [6.45, 7) is 7.36. The van der Waals surface area contributed by atoms with E-state index in [9.17, 15) is 0 Å². The van der Waals surface area contributed by atoms with Crippen molar-refractivity contribution >= 4 is 11.8 Å². The summed E-state index contributed by atoms with van der Waals surface area (Å²) in [7, 11) is 0. The van der Waals surface area contributed by atoms with Gasteiger partial charge in [0, 0.05) is 13.1 Å². The molecule has 0 aliphatic rings. The van der Waals surface area contributed by atoms with Gasteiger partial charge in [0.05, 0.1) is 6.20 Å². The summed E-state index contributed by atoms with van der Waals surface area (Å²) in [5, 5.41) is 13.9. The number of hydrogen-bond donors (Lipinski definition) is 2. The van der Waals surface area contributed by atoms with Crippen LogP contribution in [0.3, 0.4) is 0 Å². The molecule has 0 spiro atoms. The average molecular weight is 221 g/mol. The highest BCUT2D eigenvalue weighted by atomic mass is 15.3. The van der Waals surface area contributed by atoms with Crippen LogP contribution in [0.5, 0.6) is 0 Å². The maximum Gasteiger partial charge on any atom is 0.244 e. The molecular formula is C11H19N5. The van der Waals surface area contributed by atoms with Crippen LogP contribution in [-0.4, -0.2) is 28.3 Å². The third kappa shape index (κ3) is 4.72. The smallest absolute Gasteiger partial charge is 0.244 e. The van der Waals surface area contributed by atoms with Crippen molar-refractivity contribution < 1.29 is 0 Å². The first-order valence-electron chi connectivity index (χ1n) is 5.65. The molecule has 0 bridgehead atoms. The minimum Gasteiger partial charge on any atom is -0.369 e. The van der Waals surface area contributed by atoms with Gasteiger partial charge >= 0.3 is 0 Å². The van der Waals surface area contributed by atoms with Crippen LogP contribution in [-0.2, 0) is 0 Å². The number of rotatable bonds is 8. The zero-order valence-corrected chi connectivity index (χ0v) is 9.74. The molecule has 0 unspecified atom stereocenters. The Morgan fingerprint density at radius 2 is 2.25 bits per heavy atom. The number of nitrogens with one attached hydrogen (secondary N) is 2. The second kappa shape index (κ2) is 7.62. The fraction of sp³-hybridized carbons (Fsp3) is 0.545. The minimum atomic E-state index is 0.528. The molecule has 1 aromatic rings. The van der Waals surface area contributed by atoms with E-state index >= 15 is 0 Å². The molecule has 16 heavy (non-hydrogen) atoms. The van der Waals surface area contributed by atoms with E-state index in [0.717, 1.165) is 18.8 Å². The fourth-order valence-corrected chi connectivity index (χ4v) is 1.22. The lowest BCUT2D eigenvalue weighted by atomic mass is 10.2. The van der Waals surface area contributed by atoms with E-state index in [1.165, 1.54) is 12.8 Å². The Bertz CT molecular complexity index is 313. The summed E-state index contributed by atoms with van der Waals surface area (Å²) in [6.07, 6.45) is 6.98. The SMILES string of the molecule is C=CCNc1nncc(NCCCCC)n1. The summed E-state index contributed by atoms with van der Waals surface area (Å²) < 4.78 is 0. The molecular weight excluding hydrogens is 202 g/mol. The van der Waals surface area contributed by atoms with Gasteiger partial charge in [0.15, 0.2) is 0 Å². The second-order valence-electron chi connectivity index (χ2n) is 3.47. The Morgan fingerprint density at radius 1 is 1.38 bits per heavy atom. The lowest BCUT2D eigenvalue weighted by molar-refractivity contribution is 0.741. The first-order chi connectivity index (χ1) is 7.86. The highest BCUT2D eigenvalue weighted by Crippen LogP contribution is 2.04. The molecule has 0 atom stereocenters. The van der Waals surface area contributed by atoms with Gasteiger partial charge < -0.3 is 10.6 Å². The van der Waals surface area contributed by atoms with Crippen LogP contribution < -0.4 is 10.6 Å². The molecule has 0 fully saturated rings. The lowest BCUT2D eigenvalue weighted by Gasteiger charge is -2.05. The normalized spacial score (nSPS) is 9.81. The molecule has 5 nitrogen and oxygen atoms in total. The lowest BCUT2D eigenvalue weighted by Crippen LogP contribution is -2.08. The van der Waals surface area contributed by atoms with E-state index in [2.05, 4.69) is 39.3 Å². The van der Waals surface area contributed by atoms with E-state index in [-0.39, 0.29) is 0 Å². The first-order valence-corrected chi connectivity index (χ1v) is 5.65. The minimum absolute atomic E-state index is 0.528. The van der Waals surface area contributed by atoms with Crippen molar-refractivity contribution in [1.82, 2.24) is 15.2 Å². The average Bonchev–Trinajstić information content (AvgIpc) is 2.33. The zero-order chi connectivity index (χ0) is 11.6. The summed E-state index contributed by atoms with van der Waals surface area (Å²) in [5.41, 5.74) is 0. The summed E-state index contributed by atoms with van der Waals surface area (Å²) in [4.78, 5) is 4.26. The van der Waals surface area contributed by atoms with Crippen LogP contribution >= 0.6 is 0 Å².